The molecule has 0 saturated carbocycles. The summed E-state index contributed by atoms with van der Waals surface area (Å²) in [5.74, 6) is -1.59. The smallest absolute Gasteiger partial charge is 0.308 e. The molecule has 0 amide bonds. The molecule has 0 aromatic heterocycles. The normalized spacial score (nSPS) is 27.7. The minimum atomic E-state index is -3.81. The van der Waals surface area contributed by atoms with Crippen LogP contribution in [0.2, 0.25) is 0 Å². The molecular formula is C14H13BrN2O4S. The lowest BCUT2D eigenvalue weighted by Crippen LogP contribution is -2.37. The highest BCUT2D eigenvalue weighted by Crippen LogP contribution is 2.45. The van der Waals surface area contributed by atoms with E-state index in [2.05, 4.69) is 15.9 Å². The van der Waals surface area contributed by atoms with Gasteiger partial charge in [0.2, 0.25) is 10.0 Å². The number of fused-ring (bicyclic) bond motifs is 2. The van der Waals surface area contributed by atoms with E-state index in [0.717, 1.165) is 0 Å². The Hall–Kier alpha value is -1.43. The molecule has 22 heavy (non-hydrogen) atoms. The Balaban J connectivity index is 2.03. The largest absolute Gasteiger partial charge is 0.481 e. The second-order valence-corrected chi connectivity index (χ2v) is 8.36. The number of rotatable bonds is 3. The van der Waals surface area contributed by atoms with E-state index in [1.807, 2.05) is 6.07 Å². The number of carbonyl (C=O) groups is 1. The zero-order chi connectivity index (χ0) is 16.1. The number of aliphatic carboxylic acids is 1. The van der Waals surface area contributed by atoms with E-state index >= 15 is 0 Å². The summed E-state index contributed by atoms with van der Waals surface area (Å²) in [5.41, 5.74) is 0.245. The molecular weight excluding hydrogens is 372 g/mol. The van der Waals surface area contributed by atoms with Crippen LogP contribution in [0.5, 0.6) is 0 Å². The Kier molecular flexibility index (Phi) is 3.75. The van der Waals surface area contributed by atoms with Gasteiger partial charge in [-0.1, -0.05) is 15.9 Å². The third-order valence-electron chi connectivity index (χ3n) is 4.37. The molecule has 0 radical (unpaired) electrons. The van der Waals surface area contributed by atoms with Crippen molar-refractivity contribution in [3.63, 3.8) is 0 Å². The van der Waals surface area contributed by atoms with E-state index in [4.69, 9.17) is 5.26 Å². The number of hydrogen-bond acceptors (Lipinski definition) is 4. The zero-order valence-corrected chi connectivity index (χ0v) is 13.8. The summed E-state index contributed by atoms with van der Waals surface area (Å²) in [5, 5.41) is 18.2. The maximum atomic E-state index is 12.9. The summed E-state index contributed by atoms with van der Waals surface area (Å²) in [6.45, 7) is 0. The van der Waals surface area contributed by atoms with Gasteiger partial charge in [-0.15, -0.1) is 0 Å². The van der Waals surface area contributed by atoms with Crippen LogP contribution < -0.4 is 0 Å². The SMILES string of the molecule is N#Cc1cc(Br)cc(S(=O)(=O)N2C3CCC2C(C(=O)O)C3)c1. The van der Waals surface area contributed by atoms with E-state index < -0.39 is 28.0 Å². The molecule has 2 heterocycles. The fourth-order valence-electron chi connectivity index (χ4n) is 3.48. The van der Waals surface area contributed by atoms with Gasteiger partial charge in [-0.3, -0.25) is 4.79 Å². The predicted octanol–water partition coefficient (Wildman–Crippen LogP) is 1.95. The summed E-state index contributed by atoms with van der Waals surface area (Å²) in [6.07, 6.45) is 1.62. The van der Waals surface area contributed by atoms with Crippen LogP contribution in [0.25, 0.3) is 0 Å². The van der Waals surface area contributed by atoms with E-state index in [1.165, 1.54) is 22.5 Å². The molecule has 8 heteroatoms. The molecule has 3 unspecified atom stereocenters. The van der Waals surface area contributed by atoms with Crippen LogP contribution in [0.3, 0.4) is 0 Å². The average molecular weight is 385 g/mol. The Labute approximate surface area is 136 Å². The molecule has 1 aromatic carbocycles. The van der Waals surface area contributed by atoms with Gasteiger partial charge >= 0.3 is 5.97 Å². The molecule has 0 spiro atoms. The predicted molar refractivity (Wildman–Crippen MR) is 80.4 cm³/mol. The first kappa shape index (κ1) is 15.5. The van der Waals surface area contributed by atoms with Crippen molar-refractivity contribution < 1.29 is 18.3 Å². The van der Waals surface area contributed by atoms with Crippen molar-refractivity contribution >= 4 is 31.9 Å². The number of benzene rings is 1. The summed E-state index contributed by atoms with van der Waals surface area (Å²) < 4.78 is 27.6. The highest BCUT2D eigenvalue weighted by Gasteiger charge is 2.54. The van der Waals surface area contributed by atoms with Crippen LogP contribution >= 0.6 is 15.9 Å². The van der Waals surface area contributed by atoms with Gasteiger partial charge < -0.3 is 5.11 Å². The van der Waals surface area contributed by atoms with Crippen LogP contribution in [0.1, 0.15) is 24.8 Å². The van der Waals surface area contributed by atoms with E-state index in [-0.39, 0.29) is 16.5 Å². The van der Waals surface area contributed by atoms with E-state index in [0.29, 0.717) is 23.7 Å². The van der Waals surface area contributed by atoms with Crippen molar-refractivity contribution in [1.82, 2.24) is 4.31 Å². The molecule has 2 bridgehead atoms. The van der Waals surface area contributed by atoms with Crippen LogP contribution in [0, 0.1) is 17.2 Å². The monoisotopic (exact) mass is 384 g/mol. The molecule has 2 saturated heterocycles. The number of sulfonamides is 1. The molecule has 2 fully saturated rings. The molecule has 6 nitrogen and oxygen atoms in total. The molecule has 0 aliphatic carbocycles. The first-order valence-electron chi connectivity index (χ1n) is 6.81. The maximum absolute atomic E-state index is 12.9. The lowest BCUT2D eigenvalue weighted by molar-refractivity contribution is -0.142. The Morgan fingerprint density at radius 3 is 2.68 bits per heavy atom. The first-order valence-corrected chi connectivity index (χ1v) is 9.05. The van der Waals surface area contributed by atoms with Crippen molar-refractivity contribution in [2.24, 2.45) is 5.92 Å². The average Bonchev–Trinajstić information content (AvgIpc) is 3.04. The molecule has 3 rings (SSSR count). The number of hydrogen-bond donors (Lipinski definition) is 1. The van der Waals surface area contributed by atoms with Crippen molar-refractivity contribution in [3.8, 4) is 6.07 Å². The third-order valence-corrected chi connectivity index (χ3v) is 6.78. The Bertz CT molecular complexity index is 787. The van der Waals surface area contributed by atoms with Crippen LogP contribution in [-0.4, -0.2) is 35.9 Å². The van der Waals surface area contributed by atoms with Gasteiger partial charge in [-0.2, -0.15) is 9.57 Å². The third kappa shape index (κ3) is 2.33. The van der Waals surface area contributed by atoms with E-state index in [1.54, 1.807) is 0 Å². The summed E-state index contributed by atoms with van der Waals surface area (Å²) in [6, 6.07) is 5.49. The van der Waals surface area contributed by atoms with Crippen LogP contribution in [0.15, 0.2) is 27.6 Å². The highest BCUT2D eigenvalue weighted by atomic mass is 79.9. The second kappa shape index (κ2) is 5.33. The van der Waals surface area contributed by atoms with E-state index in [9.17, 15) is 18.3 Å². The number of nitrogens with zero attached hydrogens (tertiary/aromatic N) is 2. The molecule has 3 atom stereocenters. The van der Waals surface area contributed by atoms with Crippen molar-refractivity contribution in [1.29, 1.82) is 5.26 Å². The van der Waals surface area contributed by atoms with Gasteiger partial charge in [0.15, 0.2) is 0 Å². The fourth-order valence-corrected chi connectivity index (χ4v) is 6.11. The molecule has 2 aliphatic rings. The van der Waals surface area contributed by atoms with Crippen molar-refractivity contribution in [2.45, 2.75) is 36.2 Å². The number of nitriles is 1. The Morgan fingerprint density at radius 2 is 2.09 bits per heavy atom. The summed E-state index contributed by atoms with van der Waals surface area (Å²) in [7, 11) is -3.81. The minimum Gasteiger partial charge on any atom is -0.481 e. The van der Waals surface area contributed by atoms with Gasteiger partial charge in [-0.05, 0) is 37.5 Å². The summed E-state index contributed by atoms with van der Waals surface area (Å²) >= 11 is 3.21. The number of carboxylic acids is 1. The first-order chi connectivity index (χ1) is 10.3. The standard InChI is InChI=1S/C14H13BrN2O4S/c15-9-3-8(7-16)4-11(5-9)22(20,21)17-10-1-2-13(17)12(6-10)14(18)19/h3-5,10,12-13H,1-2,6H2,(H,18,19). The van der Waals surface area contributed by atoms with Crippen molar-refractivity contribution in [2.75, 3.05) is 0 Å². The number of halogens is 1. The second-order valence-electron chi connectivity index (χ2n) is 5.60. The van der Waals surface area contributed by atoms with Gasteiger partial charge in [-0.25, -0.2) is 8.42 Å². The molecule has 1 aromatic rings. The van der Waals surface area contributed by atoms with Crippen LogP contribution in [0.4, 0.5) is 0 Å². The highest BCUT2D eigenvalue weighted by molar-refractivity contribution is 9.10. The quantitative estimate of drug-likeness (QED) is 0.858. The van der Waals surface area contributed by atoms with Gasteiger partial charge in [0, 0.05) is 16.6 Å². The molecule has 116 valence electrons. The lowest BCUT2D eigenvalue weighted by atomic mass is 9.89. The fraction of sp³-hybridized carbons (Fsp3) is 0.429. The lowest BCUT2D eigenvalue weighted by Gasteiger charge is -2.22. The Morgan fingerprint density at radius 1 is 1.36 bits per heavy atom. The molecule has 1 N–H and O–H groups in total. The van der Waals surface area contributed by atoms with Gasteiger partial charge in [0.25, 0.3) is 0 Å². The summed E-state index contributed by atoms with van der Waals surface area (Å²) in [4.78, 5) is 11.3. The number of carboxylic acid groups (broad SMARTS) is 1. The minimum absolute atomic E-state index is 0.0290. The van der Waals surface area contributed by atoms with Gasteiger partial charge in [0.05, 0.1) is 22.4 Å². The maximum Gasteiger partial charge on any atom is 0.308 e. The zero-order valence-electron chi connectivity index (χ0n) is 11.4. The van der Waals surface area contributed by atoms with Crippen molar-refractivity contribution in [3.05, 3.63) is 28.2 Å². The van der Waals surface area contributed by atoms with Gasteiger partial charge in [0.1, 0.15) is 0 Å². The van der Waals surface area contributed by atoms with Crippen LogP contribution in [-0.2, 0) is 14.8 Å². The molecule has 2 aliphatic heterocycles. The topological polar surface area (TPSA) is 98.5 Å².